The van der Waals surface area contributed by atoms with E-state index in [2.05, 4.69) is 33.1 Å². The Morgan fingerprint density at radius 1 is 1.25 bits per heavy atom. The second-order valence-electron chi connectivity index (χ2n) is 4.07. The molecular weight excluding hydrogens is 336 g/mol. The molecule has 3 nitrogen and oxygen atoms in total. The first kappa shape index (κ1) is 14.9. The number of ether oxygens (including phenoxy) is 1. The van der Waals surface area contributed by atoms with Gasteiger partial charge in [-0.15, -0.1) is 0 Å². The minimum absolute atomic E-state index is 0.543. The zero-order chi connectivity index (χ0) is 14.4. The molecule has 0 saturated heterocycles. The van der Waals surface area contributed by atoms with Crippen LogP contribution in [0, 0.1) is 0 Å². The van der Waals surface area contributed by atoms with Crippen molar-refractivity contribution in [2.75, 3.05) is 7.11 Å². The van der Waals surface area contributed by atoms with Gasteiger partial charge in [-0.3, -0.25) is 0 Å². The number of benzene rings is 2. The lowest BCUT2D eigenvalue weighted by atomic mass is 10.2. The van der Waals surface area contributed by atoms with E-state index in [1.165, 1.54) is 17.3 Å². The average Bonchev–Trinajstić information content (AvgIpc) is 2.47. The summed E-state index contributed by atoms with van der Waals surface area (Å²) in [5, 5.41) is 0.543. The first-order chi connectivity index (χ1) is 9.67. The highest BCUT2D eigenvalue weighted by Gasteiger charge is 1.99. The molecule has 0 radical (unpaired) electrons. The van der Waals surface area contributed by atoms with E-state index in [-0.39, 0.29) is 0 Å². The number of nitrogens with two attached hydrogens (primary N) is 1. The fourth-order valence-corrected chi connectivity index (χ4v) is 2.52. The second-order valence-corrected chi connectivity index (χ2v) is 5.98. The van der Waals surface area contributed by atoms with Gasteiger partial charge in [-0.05, 0) is 29.8 Å². The number of nitrogens with zero attached hydrogens (tertiary/aromatic N) is 1. The summed E-state index contributed by atoms with van der Waals surface area (Å²) in [5.41, 5.74) is 7.94. The van der Waals surface area contributed by atoms with Crippen LogP contribution in [-0.2, 0) is 5.75 Å². The number of amidine groups is 1. The Morgan fingerprint density at radius 2 is 2.00 bits per heavy atom. The Kier molecular flexibility index (Phi) is 5.49. The predicted molar refractivity (Wildman–Crippen MR) is 89.7 cm³/mol. The average molecular weight is 351 g/mol. The van der Waals surface area contributed by atoms with Crippen molar-refractivity contribution in [3.05, 3.63) is 58.6 Å². The van der Waals surface area contributed by atoms with E-state index >= 15 is 0 Å². The SMILES string of the molecule is COc1cccc(N=C(N)SCc2ccc(Br)cc2)c1. The number of hydrogen-bond acceptors (Lipinski definition) is 3. The molecule has 0 fully saturated rings. The number of hydrogen-bond donors (Lipinski definition) is 1. The maximum absolute atomic E-state index is 5.94. The molecule has 0 aliphatic rings. The predicted octanol–water partition coefficient (Wildman–Crippen LogP) is 4.34. The van der Waals surface area contributed by atoms with Crippen molar-refractivity contribution in [2.45, 2.75) is 5.75 Å². The number of aliphatic imine (C=N–C) groups is 1. The minimum Gasteiger partial charge on any atom is -0.497 e. The van der Waals surface area contributed by atoms with E-state index in [4.69, 9.17) is 10.5 Å². The molecule has 5 heteroatoms. The summed E-state index contributed by atoms with van der Waals surface area (Å²) in [6, 6.07) is 15.7. The van der Waals surface area contributed by atoms with Crippen LogP contribution in [0.25, 0.3) is 0 Å². The summed E-state index contributed by atoms with van der Waals surface area (Å²) in [5.74, 6) is 1.57. The molecule has 0 bridgehead atoms. The molecule has 0 aliphatic carbocycles. The van der Waals surface area contributed by atoms with Gasteiger partial charge >= 0.3 is 0 Å². The molecule has 2 rings (SSSR count). The van der Waals surface area contributed by atoms with Crippen molar-refractivity contribution < 1.29 is 4.74 Å². The van der Waals surface area contributed by atoms with E-state index < -0.39 is 0 Å². The van der Waals surface area contributed by atoms with Crippen molar-refractivity contribution in [1.29, 1.82) is 0 Å². The summed E-state index contributed by atoms with van der Waals surface area (Å²) in [6.45, 7) is 0. The smallest absolute Gasteiger partial charge is 0.159 e. The molecule has 0 heterocycles. The summed E-state index contributed by atoms with van der Waals surface area (Å²) in [4.78, 5) is 4.37. The maximum atomic E-state index is 5.94. The van der Waals surface area contributed by atoms with Crippen molar-refractivity contribution in [3.8, 4) is 5.75 Å². The van der Waals surface area contributed by atoms with E-state index in [1.807, 2.05) is 36.4 Å². The van der Waals surface area contributed by atoms with Gasteiger partial charge in [0.25, 0.3) is 0 Å². The molecule has 0 aromatic heterocycles. The molecule has 2 aromatic rings. The first-order valence-corrected chi connectivity index (χ1v) is 7.80. The fourth-order valence-electron chi connectivity index (χ4n) is 1.58. The zero-order valence-corrected chi connectivity index (χ0v) is 13.4. The quantitative estimate of drug-likeness (QED) is 0.659. The molecular formula is C15H15BrN2OS. The summed E-state index contributed by atoms with van der Waals surface area (Å²) in [7, 11) is 1.63. The highest BCUT2D eigenvalue weighted by atomic mass is 79.9. The largest absolute Gasteiger partial charge is 0.497 e. The Hall–Kier alpha value is -1.46. The van der Waals surface area contributed by atoms with Gasteiger partial charge in [-0.25, -0.2) is 4.99 Å². The summed E-state index contributed by atoms with van der Waals surface area (Å²) < 4.78 is 6.23. The van der Waals surface area contributed by atoms with Crippen molar-refractivity contribution in [1.82, 2.24) is 0 Å². The van der Waals surface area contributed by atoms with Gasteiger partial charge in [0.2, 0.25) is 0 Å². The lowest BCUT2D eigenvalue weighted by Crippen LogP contribution is -2.06. The number of halogens is 1. The third kappa shape index (κ3) is 4.58. The van der Waals surface area contributed by atoms with Gasteiger partial charge in [-0.1, -0.05) is 45.9 Å². The lowest BCUT2D eigenvalue weighted by Gasteiger charge is -2.03. The first-order valence-electron chi connectivity index (χ1n) is 6.03. The third-order valence-corrected chi connectivity index (χ3v) is 3.99. The molecule has 20 heavy (non-hydrogen) atoms. The topological polar surface area (TPSA) is 47.6 Å². The van der Waals surface area contributed by atoms with Gasteiger partial charge in [-0.2, -0.15) is 0 Å². The van der Waals surface area contributed by atoms with Crippen molar-refractivity contribution in [3.63, 3.8) is 0 Å². The highest BCUT2D eigenvalue weighted by molar-refractivity contribution is 9.10. The van der Waals surface area contributed by atoms with Crippen LogP contribution in [0.4, 0.5) is 5.69 Å². The Balaban J connectivity index is 1.98. The normalized spacial score (nSPS) is 11.4. The van der Waals surface area contributed by atoms with Crippen LogP contribution in [0.15, 0.2) is 58.0 Å². The zero-order valence-electron chi connectivity index (χ0n) is 11.0. The Morgan fingerprint density at radius 3 is 2.70 bits per heavy atom. The van der Waals surface area contributed by atoms with Gasteiger partial charge in [0.1, 0.15) is 5.75 Å². The Bertz CT molecular complexity index is 599. The molecule has 104 valence electrons. The fraction of sp³-hybridized carbons (Fsp3) is 0.133. The van der Waals surface area contributed by atoms with Gasteiger partial charge in [0.15, 0.2) is 5.17 Å². The van der Waals surface area contributed by atoms with E-state index in [0.29, 0.717) is 5.17 Å². The second kappa shape index (κ2) is 7.36. The van der Waals surface area contributed by atoms with Gasteiger partial charge in [0.05, 0.1) is 12.8 Å². The van der Waals surface area contributed by atoms with Gasteiger partial charge < -0.3 is 10.5 Å². The molecule has 0 atom stereocenters. The van der Waals surface area contributed by atoms with Crippen molar-refractivity contribution >= 4 is 38.5 Å². The molecule has 2 N–H and O–H groups in total. The number of methoxy groups -OCH3 is 1. The van der Waals surface area contributed by atoms with Crippen LogP contribution >= 0.6 is 27.7 Å². The molecule has 0 amide bonds. The Labute approximate surface area is 131 Å². The van der Waals surface area contributed by atoms with Crippen LogP contribution < -0.4 is 10.5 Å². The minimum atomic E-state index is 0.543. The van der Waals surface area contributed by atoms with E-state index in [0.717, 1.165) is 21.7 Å². The highest BCUT2D eigenvalue weighted by Crippen LogP contribution is 2.22. The monoisotopic (exact) mass is 350 g/mol. The maximum Gasteiger partial charge on any atom is 0.159 e. The van der Waals surface area contributed by atoms with Crippen molar-refractivity contribution in [2.24, 2.45) is 10.7 Å². The standard InChI is InChI=1S/C15H15BrN2OS/c1-19-14-4-2-3-13(9-14)18-15(17)20-10-11-5-7-12(16)8-6-11/h2-9H,10H2,1H3,(H2,17,18). The van der Waals surface area contributed by atoms with Crippen LogP contribution in [-0.4, -0.2) is 12.3 Å². The van der Waals surface area contributed by atoms with Crippen LogP contribution in [0.5, 0.6) is 5.75 Å². The van der Waals surface area contributed by atoms with Crippen LogP contribution in [0.1, 0.15) is 5.56 Å². The molecule has 0 saturated carbocycles. The summed E-state index contributed by atoms with van der Waals surface area (Å²) >= 11 is 4.93. The van der Waals surface area contributed by atoms with Crippen LogP contribution in [0.2, 0.25) is 0 Å². The molecule has 0 unspecified atom stereocenters. The van der Waals surface area contributed by atoms with Crippen LogP contribution in [0.3, 0.4) is 0 Å². The van der Waals surface area contributed by atoms with Gasteiger partial charge in [0, 0.05) is 16.3 Å². The molecule has 2 aromatic carbocycles. The summed E-state index contributed by atoms with van der Waals surface area (Å²) in [6.07, 6.45) is 0. The third-order valence-electron chi connectivity index (χ3n) is 2.59. The van der Waals surface area contributed by atoms with E-state index in [9.17, 15) is 0 Å². The molecule has 0 spiro atoms. The van der Waals surface area contributed by atoms with E-state index in [1.54, 1.807) is 7.11 Å². The molecule has 0 aliphatic heterocycles. The number of thioether (sulfide) groups is 1. The lowest BCUT2D eigenvalue weighted by molar-refractivity contribution is 0.415. The number of rotatable bonds is 4.